The zero-order valence-electron chi connectivity index (χ0n) is 15.5. The van der Waals surface area contributed by atoms with Gasteiger partial charge in [0.2, 0.25) is 0 Å². The minimum atomic E-state index is 0.521. The number of rotatable bonds is 10. The lowest BCUT2D eigenvalue weighted by Crippen LogP contribution is -2.05. The summed E-state index contributed by atoms with van der Waals surface area (Å²) in [6.45, 7) is 5.36. The van der Waals surface area contributed by atoms with Gasteiger partial charge in [-0.3, -0.25) is 0 Å². The predicted molar refractivity (Wildman–Crippen MR) is 99.8 cm³/mol. The summed E-state index contributed by atoms with van der Waals surface area (Å²) in [5.74, 6) is 2.59. The zero-order chi connectivity index (χ0) is 18.1. The van der Waals surface area contributed by atoms with Crippen molar-refractivity contribution in [2.45, 2.75) is 33.1 Å². The van der Waals surface area contributed by atoms with Crippen LogP contribution in [0.4, 0.5) is 5.82 Å². The number of hydrogen-bond acceptors (Lipinski definition) is 6. The van der Waals surface area contributed by atoms with E-state index in [-0.39, 0.29) is 0 Å². The Kier molecular flexibility index (Phi) is 7.32. The third-order valence-corrected chi connectivity index (χ3v) is 3.72. The van der Waals surface area contributed by atoms with E-state index >= 15 is 0 Å². The van der Waals surface area contributed by atoms with Gasteiger partial charge in [-0.15, -0.1) is 0 Å². The lowest BCUT2D eigenvalue weighted by Gasteiger charge is -2.13. The smallest absolute Gasteiger partial charge is 0.257 e. The number of unbranched alkanes of at least 4 members (excludes halogenated alkanes) is 2. The van der Waals surface area contributed by atoms with Gasteiger partial charge in [0.05, 0.1) is 32.2 Å². The number of nitrogens with one attached hydrogen (secondary N) is 1. The quantitative estimate of drug-likeness (QED) is 0.652. The number of anilines is 1. The van der Waals surface area contributed by atoms with Crippen LogP contribution in [0.5, 0.6) is 17.4 Å². The second-order valence-electron chi connectivity index (χ2n) is 5.51. The number of ether oxygens (including phenoxy) is 3. The van der Waals surface area contributed by atoms with Crippen molar-refractivity contribution in [2.75, 3.05) is 32.7 Å². The van der Waals surface area contributed by atoms with Crippen LogP contribution in [0.3, 0.4) is 0 Å². The van der Waals surface area contributed by atoms with E-state index in [1.165, 1.54) is 0 Å². The number of benzene rings is 1. The van der Waals surface area contributed by atoms with Crippen molar-refractivity contribution < 1.29 is 14.2 Å². The number of nitrogens with zero attached hydrogens (tertiary/aromatic N) is 2. The van der Waals surface area contributed by atoms with Crippen molar-refractivity contribution in [1.29, 1.82) is 0 Å². The van der Waals surface area contributed by atoms with E-state index in [1.54, 1.807) is 13.3 Å². The van der Waals surface area contributed by atoms with E-state index in [0.29, 0.717) is 36.4 Å². The Morgan fingerprint density at radius 1 is 1.12 bits per heavy atom. The van der Waals surface area contributed by atoms with Gasteiger partial charge >= 0.3 is 0 Å². The average molecular weight is 345 g/mol. The lowest BCUT2D eigenvalue weighted by atomic mass is 10.1. The summed E-state index contributed by atoms with van der Waals surface area (Å²) in [4.78, 5) is 9.05. The first-order valence-electron chi connectivity index (χ1n) is 8.72. The van der Waals surface area contributed by atoms with E-state index < -0.39 is 0 Å². The van der Waals surface area contributed by atoms with Crippen molar-refractivity contribution >= 4 is 5.82 Å². The summed E-state index contributed by atoms with van der Waals surface area (Å²) in [7, 11) is 3.44. The summed E-state index contributed by atoms with van der Waals surface area (Å²) in [5, 5.41) is 3.05. The van der Waals surface area contributed by atoms with Crippen LogP contribution in [0.2, 0.25) is 0 Å². The normalized spacial score (nSPS) is 10.4. The lowest BCUT2D eigenvalue weighted by molar-refractivity contribution is 0.295. The van der Waals surface area contributed by atoms with E-state index in [9.17, 15) is 0 Å². The van der Waals surface area contributed by atoms with E-state index in [4.69, 9.17) is 14.2 Å². The molecule has 0 atom stereocenters. The first-order valence-corrected chi connectivity index (χ1v) is 8.72. The molecule has 6 nitrogen and oxygen atoms in total. The Labute approximate surface area is 149 Å². The average Bonchev–Trinajstić information content (AvgIpc) is 2.65. The van der Waals surface area contributed by atoms with Gasteiger partial charge in [-0.25, -0.2) is 9.97 Å². The molecule has 1 aromatic heterocycles. The van der Waals surface area contributed by atoms with Gasteiger partial charge in [-0.2, -0.15) is 0 Å². The minimum absolute atomic E-state index is 0.521. The molecular weight excluding hydrogens is 318 g/mol. The van der Waals surface area contributed by atoms with Crippen molar-refractivity contribution in [3.8, 4) is 28.6 Å². The maximum atomic E-state index is 5.74. The maximum Gasteiger partial charge on any atom is 0.257 e. The van der Waals surface area contributed by atoms with Crippen molar-refractivity contribution in [2.24, 2.45) is 0 Å². The molecule has 2 aromatic rings. The second-order valence-corrected chi connectivity index (χ2v) is 5.51. The minimum Gasteiger partial charge on any atom is -0.496 e. The molecule has 0 bridgehead atoms. The van der Waals surface area contributed by atoms with Gasteiger partial charge in [-0.05, 0) is 25.5 Å². The van der Waals surface area contributed by atoms with Crippen LogP contribution in [-0.4, -0.2) is 37.3 Å². The highest BCUT2D eigenvalue weighted by molar-refractivity contribution is 5.69. The van der Waals surface area contributed by atoms with Gasteiger partial charge in [0.15, 0.2) is 5.82 Å². The van der Waals surface area contributed by atoms with Gasteiger partial charge in [0, 0.05) is 18.7 Å². The Bertz CT molecular complexity index is 677. The van der Waals surface area contributed by atoms with Crippen LogP contribution in [-0.2, 0) is 0 Å². The largest absolute Gasteiger partial charge is 0.496 e. The van der Waals surface area contributed by atoms with Crippen LogP contribution >= 0.6 is 0 Å². The third-order valence-electron chi connectivity index (χ3n) is 3.72. The summed E-state index contributed by atoms with van der Waals surface area (Å²) < 4.78 is 16.7. The Morgan fingerprint density at radius 2 is 1.96 bits per heavy atom. The van der Waals surface area contributed by atoms with E-state index in [1.807, 2.05) is 32.2 Å². The molecule has 2 rings (SSSR count). The standard InChI is InChI=1S/C19H27N3O3/c1-5-7-8-11-25-19-18(20-3)22-16(13-21-19)15-10-9-14(24-6-2)12-17(15)23-4/h9-10,12-13H,5-8,11H2,1-4H3,(H,20,22). The van der Waals surface area contributed by atoms with Crippen LogP contribution in [0.15, 0.2) is 24.4 Å². The molecule has 1 N–H and O–H groups in total. The van der Waals surface area contributed by atoms with Crippen LogP contribution in [0, 0.1) is 0 Å². The molecule has 0 aliphatic rings. The Balaban J connectivity index is 2.24. The molecule has 0 fully saturated rings. The summed E-state index contributed by atoms with van der Waals surface area (Å²) in [5.41, 5.74) is 1.57. The summed E-state index contributed by atoms with van der Waals surface area (Å²) >= 11 is 0. The van der Waals surface area contributed by atoms with Crippen molar-refractivity contribution in [3.63, 3.8) is 0 Å². The Morgan fingerprint density at radius 3 is 2.64 bits per heavy atom. The van der Waals surface area contributed by atoms with Crippen molar-refractivity contribution in [3.05, 3.63) is 24.4 Å². The molecule has 0 unspecified atom stereocenters. The zero-order valence-corrected chi connectivity index (χ0v) is 15.5. The van der Waals surface area contributed by atoms with E-state index in [2.05, 4.69) is 22.2 Å². The molecule has 0 saturated heterocycles. The fourth-order valence-electron chi connectivity index (χ4n) is 2.44. The first-order chi connectivity index (χ1) is 12.2. The molecule has 6 heteroatoms. The van der Waals surface area contributed by atoms with Gasteiger partial charge < -0.3 is 19.5 Å². The van der Waals surface area contributed by atoms with Crippen molar-refractivity contribution in [1.82, 2.24) is 9.97 Å². The van der Waals surface area contributed by atoms with Gasteiger partial charge in [-0.1, -0.05) is 19.8 Å². The third kappa shape index (κ3) is 4.98. The Hall–Kier alpha value is -2.50. The molecule has 0 radical (unpaired) electrons. The molecule has 0 saturated carbocycles. The monoisotopic (exact) mass is 345 g/mol. The highest BCUT2D eigenvalue weighted by atomic mass is 16.5. The molecule has 0 spiro atoms. The fraction of sp³-hybridized carbons (Fsp3) is 0.474. The number of methoxy groups -OCH3 is 1. The topological polar surface area (TPSA) is 65.5 Å². The molecular formula is C19H27N3O3. The first kappa shape index (κ1) is 18.8. The predicted octanol–water partition coefficient (Wildman–Crippen LogP) is 4.16. The van der Waals surface area contributed by atoms with Crippen LogP contribution < -0.4 is 19.5 Å². The molecule has 1 heterocycles. The number of aromatic nitrogens is 2. The molecule has 136 valence electrons. The molecule has 0 amide bonds. The van der Waals surface area contributed by atoms with Gasteiger partial charge in [0.1, 0.15) is 11.5 Å². The fourth-order valence-corrected chi connectivity index (χ4v) is 2.44. The van der Waals surface area contributed by atoms with Gasteiger partial charge in [0.25, 0.3) is 5.88 Å². The maximum absolute atomic E-state index is 5.74. The molecule has 0 aliphatic heterocycles. The molecule has 1 aromatic carbocycles. The SMILES string of the molecule is CCCCCOc1ncc(-c2ccc(OCC)cc2OC)nc1NC. The molecule has 25 heavy (non-hydrogen) atoms. The van der Waals surface area contributed by atoms with Crippen LogP contribution in [0.25, 0.3) is 11.3 Å². The van der Waals surface area contributed by atoms with E-state index in [0.717, 1.165) is 30.6 Å². The summed E-state index contributed by atoms with van der Waals surface area (Å²) in [6, 6.07) is 5.68. The molecule has 0 aliphatic carbocycles. The number of hydrogen-bond donors (Lipinski definition) is 1. The highest BCUT2D eigenvalue weighted by Crippen LogP contribution is 2.33. The second kappa shape index (κ2) is 9.71. The highest BCUT2D eigenvalue weighted by Gasteiger charge is 2.13. The summed E-state index contributed by atoms with van der Waals surface area (Å²) in [6.07, 6.45) is 5.01. The van der Waals surface area contributed by atoms with Crippen LogP contribution in [0.1, 0.15) is 33.1 Å².